The van der Waals surface area contributed by atoms with E-state index in [1.54, 1.807) is 0 Å². The van der Waals surface area contributed by atoms with Crippen molar-refractivity contribution in [2.75, 3.05) is 11.9 Å². The highest BCUT2D eigenvalue weighted by atomic mass is 16.3. The maximum atomic E-state index is 9.94. The molecule has 88 valence electrons. The minimum absolute atomic E-state index is 0.293. The van der Waals surface area contributed by atoms with Crippen molar-refractivity contribution in [2.24, 2.45) is 5.41 Å². The Hall–Kier alpha value is -1.02. The summed E-state index contributed by atoms with van der Waals surface area (Å²) < 4.78 is 0. The number of anilines is 1. The maximum absolute atomic E-state index is 9.94. The first kappa shape index (κ1) is 11.5. The van der Waals surface area contributed by atoms with Crippen LogP contribution in [-0.2, 0) is 6.42 Å². The number of benzene rings is 1. The van der Waals surface area contributed by atoms with Crippen molar-refractivity contribution in [1.82, 2.24) is 0 Å². The predicted molar refractivity (Wildman–Crippen MR) is 67.7 cm³/mol. The van der Waals surface area contributed by atoms with Crippen LogP contribution in [0.1, 0.15) is 44.4 Å². The normalized spacial score (nSPS) is 20.1. The van der Waals surface area contributed by atoms with Crippen molar-refractivity contribution >= 4 is 5.69 Å². The van der Waals surface area contributed by atoms with Crippen LogP contribution in [0.3, 0.4) is 0 Å². The summed E-state index contributed by atoms with van der Waals surface area (Å²) in [4.78, 5) is 0. The molecule has 0 aromatic heterocycles. The highest BCUT2D eigenvalue weighted by Gasteiger charge is 2.19. The Morgan fingerprint density at radius 3 is 2.81 bits per heavy atom. The number of hydrogen-bond acceptors (Lipinski definition) is 2. The quantitative estimate of drug-likeness (QED) is 0.760. The zero-order valence-corrected chi connectivity index (χ0v) is 10.4. The Balaban J connectivity index is 2.27. The average Bonchev–Trinajstić information content (AvgIpc) is 2.17. The van der Waals surface area contributed by atoms with E-state index in [4.69, 9.17) is 0 Å². The molecule has 1 aliphatic rings. The van der Waals surface area contributed by atoms with Crippen molar-refractivity contribution in [3.05, 3.63) is 29.3 Å². The first-order valence-corrected chi connectivity index (χ1v) is 6.00. The summed E-state index contributed by atoms with van der Waals surface area (Å²) in [5.41, 5.74) is 3.76. The fourth-order valence-corrected chi connectivity index (χ4v) is 2.27. The molecule has 1 atom stereocenters. The SMILES string of the molecule is CC(C)(C)Cc1ccc2c(c1)[C@H](O)CCN2. The predicted octanol–water partition coefficient (Wildman–Crippen LogP) is 3.12. The van der Waals surface area contributed by atoms with Gasteiger partial charge in [-0.25, -0.2) is 0 Å². The Labute approximate surface area is 97.7 Å². The van der Waals surface area contributed by atoms with Crippen molar-refractivity contribution < 1.29 is 5.11 Å². The molecule has 0 bridgehead atoms. The van der Waals surface area contributed by atoms with Crippen molar-refractivity contribution in [3.8, 4) is 0 Å². The molecule has 0 fully saturated rings. The molecule has 1 aromatic rings. The molecular weight excluding hydrogens is 198 g/mol. The van der Waals surface area contributed by atoms with Gasteiger partial charge in [0.05, 0.1) is 6.10 Å². The largest absolute Gasteiger partial charge is 0.388 e. The summed E-state index contributed by atoms with van der Waals surface area (Å²) >= 11 is 0. The van der Waals surface area contributed by atoms with Gasteiger partial charge in [-0.1, -0.05) is 32.9 Å². The summed E-state index contributed by atoms with van der Waals surface area (Å²) in [6.07, 6.45) is 1.56. The summed E-state index contributed by atoms with van der Waals surface area (Å²) in [6.45, 7) is 7.58. The van der Waals surface area contributed by atoms with E-state index >= 15 is 0 Å². The van der Waals surface area contributed by atoms with Gasteiger partial charge in [-0.05, 0) is 29.9 Å². The summed E-state index contributed by atoms with van der Waals surface area (Å²) in [6, 6.07) is 6.41. The minimum Gasteiger partial charge on any atom is -0.388 e. The maximum Gasteiger partial charge on any atom is 0.0826 e. The Morgan fingerprint density at radius 2 is 2.12 bits per heavy atom. The number of aliphatic hydroxyl groups is 1. The lowest BCUT2D eigenvalue weighted by Crippen LogP contribution is -2.17. The van der Waals surface area contributed by atoms with Gasteiger partial charge in [0, 0.05) is 17.8 Å². The molecule has 2 N–H and O–H groups in total. The van der Waals surface area contributed by atoms with Crippen LogP contribution in [0.4, 0.5) is 5.69 Å². The van der Waals surface area contributed by atoms with Crippen LogP contribution in [-0.4, -0.2) is 11.7 Å². The highest BCUT2D eigenvalue weighted by Crippen LogP contribution is 2.32. The van der Waals surface area contributed by atoms with Crippen molar-refractivity contribution in [2.45, 2.75) is 39.7 Å². The van der Waals surface area contributed by atoms with E-state index in [1.807, 2.05) is 0 Å². The van der Waals surface area contributed by atoms with Crippen LogP contribution in [0.5, 0.6) is 0 Å². The van der Waals surface area contributed by atoms with Crippen molar-refractivity contribution in [1.29, 1.82) is 0 Å². The van der Waals surface area contributed by atoms with Gasteiger partial charge in [0.2, 0.25) is 0 Å². The first-order chi connectivity index (χ1) is 7.46. The smallest absolute Gasteiger partial charge is 0.0826 e. The van der Waals surface area contributed by atoms with Crippen LogP contribution >= 0.6 is 0 Å². The molecule has 0 amide bonds. The van der Waals surface area contributed by atoms with Gasteiger partial charge in [0.1, 0.15) is 0 Å². The second-order valence-electron chi connectivity index (χ2n) is 5.89. The Bertz CT molecular complexity index is 379. The first-order valence-electron chi connectivity index (χ1n) is 6.00. The minimum atomic E-state index is -0.295. The van der Waals surface area contributed by atoms with Gasteiger partial charge >= 0.3 is 0 Å². The molecule has 1 heterocycles. The van der Waals surface area contributed by atoms with Gasteiger partial charge < -0.3 is 10.4 Å². The topological polar surface area (TPSA) is 32.3 Å². The zero-order chi connectivity index (χ0) is 11.8. The summed E-state index contributed by atoms with van der Waals surface area (Å²) in [5, 5.41) is 13.3. The second kappa shape index (κ2) is 4.10. The third-order valence-electron chi connectivity index (χ3n) is 2.94. The molecule has 0 spiro atoms. The van der Waals surface area contributed by atoms with Gasteiger partial charge in [-0.3, -0.25) is 0 Å². The second-order valence-corrected chi connectivity index (χ2v) is 5.89. The molecule has 0 unspecified atom stereocenters. The van der Waals surface area contributed by atoms with Gasteiger partial charge in [0.15, 0.2) is 0 Å². The van der Waals surface area contributed by atoms with E-state index in [0.29, 0.717) is 5.41 Å². The summed E-state index contributed by atoms with van der Waals surface area (Å²) in [5.74, 6) is 0. The molecule has 2 nitrogen and oxygen atoms in total. The molecule has 0 aliphatic carbocycles. The molecular formula is C14H21NO. The van der Waals surface area contributed by atoms with Crippen LogP contribution in [0, 0.1) is 5.41 Å². The molecule has 0 saturated carbocycles. The van der Waals surface area contributed by atoms with E-state index in [1.165, 1.54) is 5.56 Å². The molecule has 2 heteroatoms. The Kier molecular flexibility index (Phi) is 2.94. The monoisotopic (exact) mass is 219 g/mol. The molecule has 0 radical (unpaired) electrons. The Morgan fingerprint density at radius 1 is 1.38 bits per heavy atom. The van der Waals surface area contributed by atoms with E-state index in [9.17, 15) is 5.11 Å². The standard InChI is InChI=1S/C14H21NO/c1-14(2,3)9-10-4-5-12-11(8-10)13(16)6-7-15-12/h4-5,8,13,15-16H,6-7,9H2,1-3H3/t13-/m1/s1. The lowest BCUT2D eigenvalue weighted by molar-refractivity contribution is 0.168. The van der Waals surface area contributed by atoms with Crippen LogP contribution in [0.2, 0.25) is 0 Å². The third-order valence-corrected chi connectivity index (χ3v) is 2.94. The lowest BCUT2D eigenvalue weighted by atomic mass is 9.86. The van der Waals surface area contributed by atoms with Gasteiger partial charge in [-0.2, -0.15) is 0 Å². The van der Waals surface area contributed by atoms with Crippen LogP contribution in [0.25, 0.3) is 0 Å². The van der Waals surface area contributed by atoms with E-state index in [0.717, 1.165) is 30.6 Å². The number of rotatable bonds is 1. The van der Waals surface area contributed by atoms with E-state index in [-0.39, 0.29) is 6.10 Å². The van der Waals surface area contributed by atoms with E-state index in [2.05, 4.69) is 44.3 Å². The molecule has 2 rings (SSSR count). The van der Waals surface area contributed by atoms with Crippen LogP contribution in [0.15, 0.2) is 18.2 Å². The average molecular weight is 219 g/mol. The zero-order valence-electron chi connectivity index (χ0n) is 10.4. The van der Waals surface area contributed by atoms with Gasteiger partial charge in [0.25, 0.3) is 0 Å². The third kappa shape index (κ3) is 2.56. The molecule has 0 saturated heterocycles. The summed E-state index contributed by atoms with van der Waals surface area (Å²) in [7, 11) is 0. The number of aliphatic hydroxyl groups excluding tert-OH is 1. The fourth-order valence-electron chi connectivity index (χ4n) is 2.27. The highest BCUT2D eigenvalue weighted by molar-refractivity contribution is 5.55. The number of hydrogen-bond donors (Lipinski definition) is 2. The fraction of sp³-hybridized carbons (Fsp3) is 0.571. The molecule has 16 heavy (non-hydrogen) atoms. The molecule has 1 aromatic carbocycles. The van der Waals surface area contributed by atoms with Crippen molar-refractivity contribution in [3.63, 3.8) is 0 Å². The number of nitrogens with one attached hydrogen (secondary N) is 1. The lowest BCUT2D eigenvalue weighted by Gasteiger charge is -2.25. The van der Waals surface area contributed by atoms with Crippen LogP contribution < -0.4 is 5.32 Å². The number of fused-ring (bicyclic) bond motifs is 1. The van der Waals surface area contributed by atoms with Gasteiger partial charge in [-0.15, -0.1) is 0 Å². The van der Waals surface area contributed by atoms with E-state index < -0.39 is 0 Å². The molecule has 1 aliphatic heterocycles.